The lowest BCUT2D eigenvalue weighted by atomic mass is 10.4. The van der Waals surface area contributed by atoms with E-state index in [2.05, 4.69) is 0 Å². The molecular formula is C10H17N2O5P. The Morgan fingerprint density at radius 2 is 1.94 bits per heavy atom. The molecule has 8 heteroatoms. The molecule has 0 radical (unpaired) electrons. The maximum Gasteiger partial charge on any atom is 0.336 e. The van der Waals surface area contributed by atoms with Crippen LogP contribution in [-0.4, -0.2) is 22.7 Å². The van der Waals surface area contributed by atoms with Crippen LogP contribution in [0, 0.1) is 10.1 Å². The van der Waals surface area contributed by atoms with E-state index in [4.69, 9.17) is 9.05 Å². The van der Waals surface area contributed by atoms with Crippen molar-refractivity contribution in [1.29, 1.82) is 0 Å². The van der Waals surface area contributed by atoms with Gasteiger partial charge in [0, 0.05) is 18.8 Å². The van der Waals surface area contributed by atoms with Crippen molar-refractivity contribution in [2.45, 2.75) is 20.0 Å². The molecule has 0 fully saturated rings. The molecule has 102 valence electrons. The predicted octanol–water partition coefficient (Wildman–Crippen LogP) is 2.70. The van der Waals surface area contributed by atoms with Crippen molar-refractivity contribution < 1.29 is 18.5 Å². The number of nitro groups is 1. The lowest BCUT2D eigenvalue weighted by molar-refractivity contribution is -0.384. The second-order valence-corrected chi connectivity index (χ2v) is 5.72. The van der Waals surface area contributed by atoms with Gasteiger partial charge in [0.25, 0.3) is 5.69 Å². The molecule has 0 spiro atoms. The average molecular weight is 276 g/mol. The Kier molecular flexibility index (Phi) is 5.07. The molecule has 0 saturated carbocycles. The molecule has 0 saturated heterocycles. The van der Waals surface area contributed by atoms with Gasteiger partial charge in [0.15, 0.2) is 0 Å². The lowest BCUT2D eigenvalue weighted by Gasteiger charge is -2.16. The maximum absolute atomic E-state index is 12.3. The van der Waals surface area contributed by atoms with Crippen molar-refractivity contribution in [3.8, 4) is 0 Å². The molecule has 0 amide bonds. The van der Waals surface area contributed by atoms with E-state index in [1.54, 1.807) is 25.5 Å². The summed E-state index contributed by atoms with van der Waals surface area (Å²) < 4.78 is 24.1. The number of hydrogen-bond acceptors (Lipinski definition) is 5. The van der Waals surface area contributed by atoms with Gasteiger partial charge >= 0.3 is 7.60 Å². The molecule has 7 nitrogen and oxygen atoms in total. The molecular weight excluding hydrogens is 259 g/mol. The average Bonchev–Trinajstić information content (AvgIpc) is 2.61. The topological polar surface area (TPSA) is 83.6 Å². The summed E-state index contributed by atoms with van der Waals surface area (Å²) in [5.74, 6) is 0. The van der Waals surface area contributed by atoms with Crippen LogP contribution in [0.2, 0.25) is 0 Å². The summed E-state index contributed by atoms with van der Waals surface area (Å²) in [5, 5.41) is 10.6. The minimum atomic E-state index is -3.23. The van der Waals surface area contributed by atoms with Crippen molar-refractivity contribution in [2.24, 2.45) is 7.05 Å². The van der Waals surface area contributed by atoms with Crippen molar-refractivity contribution in [3.05, 3.63) is 28.1 Å². The predicted molar refractivity (Wildman–Crippen MR) is 66.6 cm³/mol. The minimum Gasteiger partial charge on any atom is -0.348 e. The molecule has 1 aromatic rings. The molecule has 0 bridgehead atoms. The minimum absolute atomic E-state index is 0.0268. The fourth-order valence-electron chi connectivity index (χ4n) is 1.57. The third-order valence-electron chi connectivity index (χ3n) is 2.31. The van der Waals surface area contributed by atoms with Gasteiger partial charge in [0.1, 0.15) is 0 Å². The van der Waals surface area contributed by atoms with Crippen LogP contribution in [0.1, 0.15) is 19.5 Å². The number of hydrogen-bond donors (Lipinski definition) is 0. The standard InChI is InChI=1S/C10H17N2O5P/c1-4-16-18(15,17-5-2)8-10-6-9(12(13)14)7-11(10)3/h6-7H,4-5,8H2,1-3H3. The van der Waals surface area contributed by atoms with Gasteiger partial charge in [0.05, 0.1) is 30.5 Å². The smallest absolute Gasteiger partial charge is 0.336 e. The van der Waals surface area contributed by atoms with E-state index in [0.29, 0.717) is 5.69 Å². The van der Waals surface area contributed by atoms with Gasteiger partial charge in [0.2, 0.25) is 0 Å². The van der Waals surface area contributed by atoms with Crippen LogP contribution in [0.4, 0.5) is 5.69 Å². The Bertz CT molecular complexity index is 461. The van der Waals surface area contributed by atoms with Gasteiger partial charge in [-0.1, -0.05) is 0 Å². The highest BCUT2D eigenvalue weighted by Gasteiger charge is 2.27. The van der Waals surface area contributed by atoms with Gasteiger partial charge in [-0.15, -0.1) is 0 Å². The summed E-state index contributed by atoms with van der Waals surface area (Å²) in [7, 11) is -1.57. The zero-order valence-electron chi connectivity index (χ0n) is 10.7. The van der Waals surface area contributed by atoms with E-state index < -0.39 is 12.5 Å². The summed E-state index contributed by atoms with van der Waals surface area (Å²) in [6.07, 6.45) is 1.40. The summed E-state index contributed by atoms with van der Waals surface area (Å²) in [5.41, 5.74) is 0.513. The summed E-state index contributed by atoms with van der Waals surface area (Å²) >= 11 is 0. The quantitative estimate of drug-likeness (QED) is 0.434. The van der Waals surface area contributed by atoms with E-state index >= 15 is 0 Å². The van der Waals surface area contributed by atoms with E-state index in [0.717, 1.165) is 0 Å². The second kappa shape index (κ2) is 6.13. The number of aromatic nitrogens is 1. The molecule has 0 aliphatic heterocycles. The first-order chi connectivity index (χ1) is 8.41. The van der Waals surface area contributed by atoms with Crippen molar-refractivity contribution >= 4 is 13.3 Å². The fraction of sp³-hybridized carbons (Fsp3) is 0.600. The number of aryl methyl sites for hydroxylation is 1. The molecule has 0 atom stereocenters. The molecule has 0 N–H and O–H groups in total. The zero-order valence-corrected chi connectivity index (χ0v) is 11.6. The van der Waals surface area contributed by atoms with E-state index in [9.17, 15) is 14.7 Å². The van der Waals surface area contributed by atoms with Crippen LogP contribution in [0.15, 0.2) is 12.3 Å². The lowest BCUT2D eigenvalue weighted by Crippen LogP contribution is -2.02. The van der Waals surface area contributed by atoms with Crippen LogP contribution >= 0.6 is 7.60 Å². The van der Waals surface area contributed by atoms with Crippen molar-refractivity contribution in [1.82, 2.24) is 4.57 Å². The summed E-state index contributed by atoms with van der Waals surface area (Å²) in [4.78, 5) is 10.2. The van der Waals surface area contributed by atoms with Gasteiger partial charge in [-0.3, -0.25) is 14.7 Å². The van der Waals surface area contributed by atoms with Gasteiger partial charge < -0.3 is 13.6 Å². The van der Waals surface area contributed by atoms with Crippen LogP contribution < -0.4 is 0 Å². The number of nitrogens with zero attached hydrogens (tertiary/aromatic N) is 2. The molecule has 18 heavy (non-hydrogen) atoms. The Hall–Kier alpha value is -1.17. The van der Waals surface area contributed by atoms with Gasteiger partial charge in [-0.05, 0) is 13.8 Å². The van der Waals surface area contributed by atoms with Crippen LogP contribution in [0.5, 0.6) is 0 Å². The summed E-state index contributed by atoms with van der Waals surface area (Å²) in [6, 6.07) is 1.38. The van der Waals surface area contributed by atoms with Crippen LogP contribution in [-0.2, 0) is 26.8 Å². The first-order valence-electron chi connectivity index (χ1n) is 5.59. The molecule has 1 rings (SSSR count). The normalized spacial score (nSPS) is 11.7. The first-order valence-corrected chi connectivity index (χ1v) is 7.32. The molecule has 0 aliphatic carbocycles. The highest BCUT2D eigenvalue weighted by atomic mass is 31.2. The van der Waals surface area contributed by atoms with E-state index in [1.807, 2.05) is 0 Å². The van der Waals surface area contributed by atoms with Gasteiger partial charge in [-0.2, -0.15) is 0 Å². The van der Waals surface area contributed by atoms with Crippen molar-refractivity contribution in [2.75, 3.05) is 13.2 Å². The largest absolute Gasteiger partial charge is 0.348 e. The first kappa shape index (κ1) is 14.9. The Morgan fingerprint density at radius 3 is 2.33 bits per heavy atom. The molecule has 0 aromatic carbocycles. The van der Waals surface area contributed by atoms with Crippen molar-refractivity contribution in [3.63, 3.8) is 0 Å². The second-order valence-electron chi connectivity index (χ2n) is 3.66. The van der Waals surface area contributed by atoms with Crippen LogP contribution in [0.3, 0.4) is 0 Å². The number of rotatable bonds is 7. The monoisotopic (exact) mass is 276 g/mol. The van der Waals surface area contributed by atoms with E-state index in [1.165, 1.54) is 12.3 Å². The Morgan fingerprint density at radius 1 is 1.39 bits per heavy atom. The SMILES string of the molecule is CCOP(=O)(Cc1cc([N+](=O)[O-])cn1C)OCC. The fourth-order valence-corrected chi connectivity index (χ4v) is 3.32. The molecule has 0 aliphatic rings. The van der Waals surface area contributed by atoms with Crippen LogP contribution in [0.25, 0.3) is 0 Å². The Balaban J connectivity index is 2.93. The Labute approximate surface area is 105 Å². The zero-order chi connectivity index (χ0) is 13.8. The summed E-state index contributed by atoms with van der Waals surface area (Å²) in [6.45, 7) is 3.98. The molecule has 0 unspecified atom stereocenters. The van der Waals surface area contributed by atoms with Gasteiger partial charge in [-0.25, -0.2) is 0 Å². The molecule has 1 heterocycles. The molecule has 1 aromatic heterocycles. The third kappa shape index (κ3) is 3.66. The third-order valence-corrected chi connectivity index (χ3v) is 4.33. The highest BCUT2D eigenvalue weighted by molar-refractivity contribution is 7.53. The highest BCUT2D eigenvalue weighted by Crippen LogP contribution is 2.51. The maximum atomic E-state index is 12.3. The van der Waals surface area contributed by atoms with E-state index in [-0.39, 0.29) is 25.1 Å².